The third kappa shape index (κ3) is 7.07. The van der Waals surface area contributed by atoms with Crippen molar-refractivity contribution >= 4 is 0 Å². The van der Waals surface area contributed by atoms with Crippen molar-refractivity contribution in [2.75, 3.05) is 0 Å². The second-order valence-electron chi connectivity index (χ2n) is 2.90. The third-order valence-corrected chi connectivity index (χ3v) is 1.67. The summed E-state index contributed by atoms with van der Waals surface area (Å²) in [4.78, 5) is 0. The van der Waals surface area contributed by atoms with Gasteiger partial charge in [0.1, 0.15) is 0 Å². The monoisotopic (exact) mass is 174 g/mol. The van der Waals surface area contributed by atoms with Crippen molar-refractivity contribution in [3.05, 3.63) is 60.3 Å². The van der Waals surface area contributed by atoms with Crippen molar-refractivity contribution in [2.45, 2.75) is 20.8 Å². The van der Waals surface area contributed by atoms with Crippen molar-refractivity contribution in [1.29, 1.82) is 0 Å². The van der Waals surface area contributed by atoms with E-state index in [0.717, 1.165) is 0 Å². The largest absolute Gasteiger partial charge is 0.0991 e. The lowest BCUT2D eigenvalue weighted by molar-refractivity contribution is 1.44. The van der Waals surface area contributed by atoms with Crippen LogP contribution in [0.4, 0.5) is 0 Å². The van der Waals surface area contributed by atoms with Crippen molar-refractivity contribution in [3.8, 4) is 0 Å². The van der Waals surface area contributed by atoms with Crippen LogP contribution >= 0.6 is 0 Å². The van der Waals surface area contributed by atoms with Gasteiger partial charge in [0.15, 0.2) is 0 Å². The fourth-order valence-corrected chi connectivity index (χ4v) is 0.701. The van der Waals surface area contributed by atoms with Crippen molar-refractivity contribution < 1.29 is 0 Å². The van der Waals surface area contributed by atoms with Gasteiger partial charge in [-0.15, -0.1) is 0 Å². The molecule has 0 radical (unpaired) electrons. The van der Waals surface area contributed by atoms with E-state index in [1.165, 1.54) is 11.1 Å². The maximum atomic E-state index is 3.60. The molecular formula is C13H18. The van der Waals surface area contributed by atoms with E-state index < -0.39 is 0 Å². The summed E-state index contributed by atoms with van der Waals surface area (Å²) in [6.07, 6.45) is 14.0. The van der Waals surface area contributed by atoms with Crippen LogP contribution in [0.15, 0.2) is 60.3 Å². The highest BCUT2D eigenvalue weighted by Crippen LogP contribution is 2.00. The van der Waals surface area contributed by atoms with Crippen LogP contribution in [0.5, 0.6) is 0 Å². The Kier molecular flexibility index (Phi) is 6.62. The zero-order valence-electron chi connectivity index (χ0n) is 8.75. The first-order chi connectivity index (χ1) is 6.20. The van der Waals surface area contributed by atoms with E-state index in [2.05, 4.69) is 44.7 Å². The highest BCUT2D eigenvalue weighted by molar-refractivity contribution is 5.28. The molecule has 0 rings (SSSR count). The first-order valence-corrected chi connectivity index (χ1v) is 4.47. The molecule has 0 heterocycles. The van der Waals surface area contributed by atoms with Gasteiger partial charge in [0.05, 0.1) is 0 Å². The molecule has 0 unspecified atom stereocenters. The molecule has 0 spiro atoms. The molecule has 0 fully saturated rings. The summed E-state index contributed by atoms with van der Waals surface area (Å²) in [5, 5.41) is 0. The maximum absolute atomic E-state index is 3.60. The van der Waals surface area contributed by atoms with Crippen LogP contribution in [0.25, 0.3) is 0 Å². The van der Waals surface area contributed by atoms with Gasteiger partial charge in [-0.3, -0.25) is 0 Å². The van der Waals surface area contributed by atoms with E-state index in [9.17, 15) is 0 Å². The molecule has 0 atom stereocenters. The lowest BCUT2D eigenvalue weighted by Crippen LogP contribution is -1.69. The zero-order valence-corrected chi connectivity index (χ0v) is 8.75. The predicted molar refractivity (Wildman–Crippen MR) is 61.7 cm³/mol. The average Bonchev–Trinajstić information content (AvgIpc) is 2.14. The van der Waals surface area contributed by atoms with Gasteiger partial charge < -0.3 is 0 Å². The maximum Gasteiger partial charge on any atom is -0.0398 e. The third-order valence-electron chi connectivity index (χ3n) is 1.67. The first kappa shape index (κ1) is 11.7. The van der Waals surface area contributed by atoms with Crippen LogP contribution in [0, 0.1) is 0 Å². The van der Waals surface area contributed by atoms with E-state index in [1.54, 1.807) is 6.08 Å². The molecule has 0 aliphatic rings. The van der Waals surface area contributed by atoms with Gasteiger partial charge in [0.2, 0.25) is 0 Å². The Morgan fingerprint density at radius 1 is 1.00 bits per heavy atom. The van der Waals surface area contributed by atoms with E-state index >= 15 is 0 Å². The van der Waals surface area contributed by atoms with E-state index in [0.29, 0.717) is 0 Å². The Bertz CT molecular complexity index is 260. The minimum atomic E-state index is 1.24. The fraction of sp³-hybridized carbons (Fsp3) is 0.231. The van der Waals surface area contributed by atoms with E-state index in [1.807, 2.05) is 19.1 Å². The number of allylic oxidation sites excluding steroid dienone is 9. The molecule has 0 aromatic carbocycles. The number of rotatable bonds is 4. The summed E-state index contributed by atoms with van der Waals surface area (Å²) in [6, 6.07) is 0. The molecule has 0 saturated carbocycles. The van der Waals surface area contributed by atoms with Crippen molar-refractivity contribution in [3.63, 3.8) is 0 Å². The van der Waals surface area contributed by atoms with Gasteiger partial charge >= 0.3 is 0 Å². The minimum absolute atomic E-state index is 1.24. The Balaban J connectivity index is 4.21. The lowest BCUT2D eigenvalue weighted by atomic mass is 10.2. The molecular weight excluding hydrogens is 156 g/mol. The summed E-state index contributed by atoms with van der Waals surface area (Å²) in [5.74, 6) is 0. The van der Waals surface area contributed by atoms with Gasteiger partial charge in [0.25, 0.3) is 0 Å². The molecule has 0 N–H and O–H groups in total. The summed E-state index contributed by atoms with van der Waals surface area (Å²) in [5.41, 5.74) is 2.51. The van der Waals surface area contributed by atoms with Crippen LogP contribution in [0.3, 0.4) is 0 Å². The highest BCUT2D eigenvalue weighted by atomic mass is 13.9. The summed E-state index contributed by atoms with van der Waals surface area (Å²) >= 11 is 0. The molecule has 70 valence electrons. The molecule has 0 heteroatoms. The predicted octanol–water partition coefficient (Wildman–Crippen LogP) is 4.20. The van der Waals surface area contributed by atoms with Crippen LogP contribution in [0.1, 0.15) is 20.8 Å². The molecule has 0 amide bonds. The second-order valence-corrected chi connectivity index (χ2v) is 2.90. The van der Waals surface area contributed by atoms with Crippen LogP contribution < -0.4 is 0 Å². The lowest BCUT2D eigenvalue weighted by Gasteiger charge is -1.90. The number of hydrogen-bond acceptors (Lipinski definition) is 0. The Morgan fingerprint density at radius 3 is 2.15 bits per heavy atom. The molecule has 0 saturated heterocycles. The van der Waals surface area contributed by atoms with Crippen molar-refractivity contribution in [1.82, 2.24) is 0 Å². The SMILES string of the molecule is C=C/C=C/C=C(C)\C=C/C(C)=C/C. The molecule has 0 bridgehead atoms. The normalized spacial score (nSPS) is 14.4. The summed E-state index contributed by atoms with van der Waals surface area (Å²) < 4.78 is 0. The molecule has 0 aliphatic carbocycles. The average molecular weight is 174 g/mol. The topological polar surface area (TPSA) is 0 Å². The zero-order chi connectivity index (χ0) is 10.1. The van der Waals surface area contributed by atoms with Crippen LogP contribution in [0.2, 0.25) is 0 Å². The van der Waals surface area contributed by atoms with Gasteiger partial charge in [0, 0.05) is 0 Å². The Labute approximate surface area is 81.7 Å². The van der Waals surface area contributed by atoms with E-state index in [4.69, 9.17) is 0 Å². The molecule has 0 nitrogen and oxygen atoms in total. The van der Waals surface area contributed by atoms with Gasteiger partial charge in [-0.25, -0.2) is 0 Å². The Hall–Kier alpha value is -1.30. The summed E-state index contributed by atoms with van der Waals surface area (Å²) in [6.45, 7) is 9.80. The minimum Gasteiger partial charge on any atom is -0.0991 e. The second kappa shape index (κ2) is 7.35. The smallest absolute Gasteiger partial charge is 0.0398 e. The number of hydrogen-bond donors (Lipinski definition) is 0. The molecule has 13 heavy (non-hydrogen) atoms. The van der Waals surface area contributed by atoms with Crippen LogP contribution in [-0.2, 0) is 0 Å². The van der Waals surface area contributed by atoms with Crippen LogP contribution in [-0.4, -0.2) is 0 Å². The molecule has 0 aromatic heterocycles. The molecule has 0 aromatic rings. The van der Waals surface area contributed by atoms with Gasteiger partial charge in [-0.2, -0.15) is 0 Å². The summed E-state index contributed by atoms with van der Waals surface area (Å²) in [7, 11) is 0. The highest BCUT2D eigenvalue weighted by Gasteiger charge is 1.79. The van der Waals surface area contributed by atoms with Crippen molar-refractivity contribution in [2.24, 2.45) is 0 Å². The van der Waals surface area contributed by atoms with E-state index in [-0.39, 0.29) is 0 Å². The van der Waals surface area contributed by atoms with Gasteiger partial charge in [-0.1, -0.05) is 60.3 Å². The Morgan fingerprint density at radius 2 is 1.62 bits per heavy atom. The van der Waals surface area contributed by atoms with Gasteiger partial charge in [-0.05, 0) is 20.8 Å². The first-order valence-electron chi connectivity index (χ1n) is 4.47. The fourth-order valence-electron chi connectivity index (χ4n) is 0.701. The standard InChI is InChI=1S/C13H18/c1-5-7-8-9-13(4)11-10-12(3)6-2/h5-11H,1H2,2-4H3/b8-7+,11-10-,12-6+,13-9-. The molecule has 0 aliphatic heterocycles. The quantitative estimate of drug-likeness (QED) is 0.560.